The number of hydrogen-bond acceptors (Lipinski definition) is 2. The lowest BCUT2D eigenvalue weighted by atomic mass is 10.1. The van der Waals surface area contributed by atoms with E-state index in [1.54, 1.807) is 12.4 Å². The van der Waals surface area contributed by atoms with E-state index in [1.807, 2.05) is 46.1 Å². The van der Waals surface area contributed by atoms with Crippen LogP contribution in [0, 0.1) is 0 Å². The Morgan fingerprint density at radius 2 is 1.17 bits per heavy atom. The zero-order valence-electron chi connectivity index (χ0n) is 11.9. The molecule has 0 atom stereocenters. The van der Waals surface area contributed by atoms with Gasteiger partial charge in [-0.05, 0) is 41.5 Å². The monoisotopic (exact) mass is 248 g/mol. The third kappa shape index (κ3) is 1.76. The molecule has 98 valence electrons. The molecular weight excluding hydrogens is 228 g/mol. The molecule has 0 unspecified atom stereocenters. The highest BCUT2D eigenvalue weighted by molar-refractivity contribution is 6.21. The Morgan fingerprint density at radius 1 is 0.778 bits per heavy atom. The molecule has 0 bridgehead atoms. The Morgan fingerprint density at radius 3 is 1.44 bits per heavy atom. The molecule has 2 heterocycles. The number of rotatable bonds is 0. The van der Waals surface area contributed by atoms with Gasteiger partial charge in [0.05, 0.1) is 11.1 Å². The van der Waals surface area contributed by atoms with E-state index in [2.05, 4.69) is 0 Å². The summed E-state index contributed by atoms with van der Waals surface area (Å²) in [5.74, 6) is -0.379. The van der Waals surface area contributed by atoms with Gasteiger partial charge in [-0.15, -0.1) is 0 Å². The summed E-state index contributed by atoms with van der Waals surface area (Å²) in [7, 11) is 0. The number of fused-ring (bicyclic) bond motifs is 1. The van der Waals surface area contributed by atoms with Crippen molar-refractivity contribution in [3.8, 4) is 0 Å². The van der Waals surface area contributed by atoms with Gasteiger partial charge in [0.15, 0.2) is 0 Å². The van der Waals surface area contributed by atoms with E-state index in [-0.39, 0.29) is 17.4 Å². The van der Waals surface area contributed by atoms with Gasteiger partial charge in [-0.3, -0.25) is 14.5 Å². The van der Waals surface area contributed by atoms with Gasteiger partial charge in [0, 0.05) is 23.5 Å². The maximum atomic E-state index is 12.3. The molecule has 4 heteroatoms. The largest absolute Gasteiger partial charge is 0.347 e. The minimum atomic E-state index is -0.479. The number of hydrogen-bond donors (Lipinski definition) is 0. The second-order valence-corrected chi connectivity index (χ2v) is 6.78. The molecule has 1 aromatic rings. The van der Waals surface area contributed by atoms with Crippen molar-refractivity contribution in [3.05, 3.63) is 23.5 Å². The maximum Gasteiger partial charge on any atom is 0.263 e. The number of imide groups is 1. The summed E-state index contributed by atoms with van der Waals surface area (Å²) in [6.07, 6.45) is 3.56. The molecule has 1 aromatic heterocycles. The number of carbonyl (C=O) groups is 2. The molecule has 18 heavy (non-hydrogen) atoms. The van der Waals surface area contributed by atoms with Crippen molar-refractivity contribution < 1.29 is 9.59 Å². The van der Waals surface area contributed by atoms with Crippen molar-refractivity contribution in [1.29, 1.82) is 0 Å². The minimum Gasteiger partial charge on any atom is -0.347 e. The van der Waals surface area contributed by atoms with Gasteiger partial charge in [-0.25, -0.2) is 0 Å². The van der Waals surface area contributed by atoms with Crippen molar-refractivity contribution in [2.75, 3.05) is 0 Å². The van der Waals surface area contributed by atoms with Gasteiger partial charge in [0.2, 0.25) is 0 Å². The first-order valence-electron chi connectivity index (χ1n) is 6.15. The average molecular weight is 248 g/mol. The normalized spacial score (nSPS) is 16.4. The van der Waals surface area contributed by atoms with E-state index in [9.17, 15) is 9.59 Å². The number of amides is 2. The Balaban J connectivity index is 2.49. The SMILES string of the molecule is CC(C)(C)N1C(=O)c2cn(C(C)(C)C)cc2C1=O. The summed E-state index contributed by atoms with van der Waals surface area (Å²) in [5, 5.41) is 0. The molecule has 1 aliphatic heterocycles. The van der Waals surface area contributed by atoms with E-state index in [0.717, 1.165) is 0 Å². The molecular formula is C14H20N2O2. The molecule has 4 nitrogen and oxygen atoms in total. The molecule has 2 rings (SSSR count). The predicted octanol–water partition coefficient (Wildman–Crippen LogP) is 2.64. The molecule has 0 N–H and O–H groups in total. The van der Waals surface area contributed by atoms with Crippen LogP contribution in [0.4, 0.5) is 0 Å². The first kappa shape index (κ1) is 12.9. The zero-order chi connectivity index (χ0) is 13.9. The lowest BCUT2D eigenvalue weighted by Crippen LogP contribution is -2.45. The van der Waals surface area contributed by atoms with E-state index >= 15 is 0 Å². The number of carbonyl (C=O) groups excluding carboxylic acids is 2. The molecule has 0 aliphatic carbocycles. The summed E-state index contributed by atoms with van der Waals surface area (Å²) >= 11 is 0. The van der Waals surface area contributed by atoms with Crippen LogP contribution in [0.15, 0.2) is 12.4 Å². The van der Waals surface area contributed by atoms with Crippen molar-refractivity contribution in [2.24, 2.45) is 0 Å². The number of aromatic nitrogens is 1. The fraction of sp³-hybridized carbons (Fsp3) is 0.571. The van der Waals surface area contributed by atoms with E-state index < -0.39 is 5.54 Å². The summed E-state index contributed by atoms with van der Waals surface area (Å²) in [6, 6.07) is 0. The molecule has 0 aromatic carbocycles. The van der Waals surface area contributed by atoms with Crippen LogP contribution in [0.3, 0.4) is 0 Å². The van der Waals surface area contributed by atoms with Gasteiger partial charge in [-0.2, -0.15) is 0 Å². The summed E-state index contributed by atoms with van der Waals surface area (Å²) in [6.45, 7) is 11.7. The van der Waals surface area contributed by atoms with Crippen molar-refractivity contribution in [3.63, 3.8) is 0 Å². The lowest BCUT2D eigenvalue weighted by molar-refractivity contribution is 0.0506. The van der Waals surface area contributed by atoms with Gasteiger partial charge in [0.25, 0.3) is 11.8 Å². The molecule has 2 amide bonds. The van der Waals surface area contributed by atoms with Gasteiger partial charge >= 0.3 is 0 Å². The smallest absolute Gasteiger partial charge is 0.263 e. The molecule has 0 saturated heterocycles. The highest BCUT2D eigenvalue weighted by Gasteiger charge is 2.43. The Hall–Kier alpha value is -1.58. The quantitative estimate of drug-likeness (QED) is 0.662. The minimum absolute atomic E-state index is 0.128. The lowest BCUT2D eigenvalue weighted by Gasteiger charge is -2.30. The summed E-state index contributed by atoms with van der Waals surface area (Å²) < 4.78 is 1.92. The van der Waals surface area contributed by atoms with Crippen LogP contribution in [-0.4, -0.2) is 26.8 Å². The second-order valence-electron chi connectivity index (χ2n) is 6.78. The van der Waals surface area contributed by atoms with Gasteiger partial charge < -0.3 is 4.57 Å². The van der Waals surface area contributed by atoms with Gasteiger partial charge in [-0.1, -0.05) is 0 Å². The van der Waals surface area contributed by atoms with Crippen LogP contribution >= 0.6 is 0 Å². The van der Waals surface area contributed by atoms with Crippen LogP contribution in [-0.2, 0) is 5.54 Å². The van der Waals surface area contributed by atoms with Crippen LogP contribution in [0.25, 0.3) is 0 Å². The summed E-state index contributed by atoms with van der Waals surface area (Å²) in [4.78, 5) is 25.9. The first-order chi connectivity index (χ1) is 8.03. The highest BCUT2D eigenvalue weighted by atomic mass is 16.2. The fourth-order valence-corrected chi connectivity index (χ4v) is 2.13. The molecule has 1 aliphatic rings. The Kier molecular flexibility index (Phi) is 2.48. The van der Waals surface area contributed by atoms with Crippen LogP contribution in [0.2, 0.25) is 0 Å². The molecule has 0 fully saturated rings. The summed E-state index contributed by atoms with van der Waals surface area (Å²) in [5.41, 5.74) is 0.430. The third-order valence-electron chi connectivity index (χ3n) is 3.14. The van der Waals surface area contributed by atoms with E-state index in [4.69, 9.17) is 0 Å². The Labute approximate surface area is 108 Å². The predicted molar refractivity (Wildman–Crippen MR) is 69.7 cm³/mol. The first-order valence-corrected chi connectivity index (χ1v) is 6.15. The van der Waals surface area contributed by atoms with Crippen molar-refractivity contribution in [1.82, 2.24) is 9.47 Å². The third-order valence-corrected chi connectivity index (χ3v) is 3.14. The standard InChI is InChI=1S/C14H20N2O2/c1-13(2,3)15-7-9-10(8-15)12(18)16(11(9)17)14(4,5)6/h7-8H,1-6H3. The maximum absolute atomic E-state index is 12.3. The molecule has 0 saturated carbocycles. The number of nitrogens with zero attached hydrogens (tertiary/aromatic N) is 2. The molecule has 0 radical (unpaired) electrons. The van der Waals surface area contributed by atoms with Crippen LogP contribution in [0.1, 0.15) is 62.3 Å². The fourth-order valence-electron chi connectivity index (χ4n) is 2.13. The average Bonchev–Trinajstić information content (AvgIpc) is 2.65. The topological polar surface area (TPSA) is 42.3 Å². The second kappa shape index (κ2) is 3.46. The zero-order valence-corrected chi connectivity index (χ0v) is 11.9. The van der Waals surface area contributed by atoms with E-state index in [0.29, 0.717) is 11.1 Å². The van der Waals surface area contributed by atoms with E-state index in [1.165, 1.54) is 4.90 Å². The van der Waals surface area contributed by atoms with Crippen LogP contribution < -0.4 is 0 Å². The Bertz CT molecular complexity index is 493. The van der Waals surface area contributed by atoms with Crippen LogP contribution in [0.5, 0.6) is 0 Å². The van der Waals surface area contributed by atoms with Crippen molar-refractivity contribution in [2.45, 2.75) is 52.6 Å². The van der Waals surface area contributed by atoms with Crippen molar-refractivity contribution >= 4 is 11.8 Å². The van der Waals surface area contributed by atoms with Gasteiger partial charge in [0.1, 0.15) is 0 Å². The molecule has 0 spiro atoms. The highest BCUT2D eigenvalue weighted by Crippen LogP contribution is 2.31.